The van der Waals surface area contributed by atoms with E-state index in [0.717, 1.165) is 31.9 Å². The SMILES string of the molecule is Clc1sc(CNc2cccc3cn[nH]c23)cc1Br. The number of nitrogens with one attached hydrogen (secondary N) is 2. The molecule has 0 fully saturated rings. The largest absolute Gasteiger partial charge is 0.378 e. The maximum Gasteiger partial charge on any atom is 0.107 e. The van der Waals surface area contributed by atoms with Crippen molar-refractivity contribution in [2.75, 3.05) is 5.32 Å². The Morgan fingerprint density at radius 1 is 1.44 bits per heavy atom. The Morgan fingerprint density at radius 3 is 3.11 bits per heavy atom. The van der Waals surface area contributed by atoms with Crippen molar-refractivity contribution in [3.63, 3.8) is 0 Å². The normalized spacial score (nSPS) is 11.0. The van der Waals surface area contributed by atoms with E-state index in [2.05, 4.69) is 31.4 Å². The molecule has 3 aromatic rings. The van der Waals surface area contributed by atoms with Crippen LogP contribution in [0.1, 0.15) is 4.88 Å². The van der Waals surface area contributed by atoms with Crippen LogP contribution in [0, 0.1) is 0 Å². The van der Waals surface area contributed by atoms with Gasteiger partial charge in [0, 0.05) is 21.3 Å². The number of aromatic amines is 1. The van der Waals surface area contributed by atoms with E-state index in [1.807, 2.05) is 30.5 Å². The fraction of sp³-hybridized carbons (Fsp3) is 0.0833. The summed E-state index contributed by atoms with van der Waals surface area (Å²) in [6, 6.07) is 8.11. The van der Waals surface area contributed by atoms with Gasteiger partial charge in [-0.2, -0.15) is 5.10 Å². The molecule has 0 unspecified atom stereocenters. The lowest BCUT2D eigenvalue weighted by Crippen LogP contribution is -1.97. The Balaban J connectivity index is 1.82. The van der Waals surface area contributed by atoms with Crippen LogP contribution in [0.5, 0.6) is 0 Å². The number of aromatic nitrogens is 2. The molecule has 92 valence electrons. The summed E-state index contributed by atoms with van der Waals surface area (Å²) < 4.78 is 1.73. The Hall–Kier alpha value is -1.04. The monoisotopic (exact) mass is 341 g/mol. The van der Waals surface area contributed by atoms with Crippen LogP contribution >= 0.6 is 38.9 Å². The lowest BCUT2D eigenvalue weighted by atomic mass is 10.2. The van der Waals surface area contributed by atoms with Crippen molar-refractivity contribution in [1.29, 1.82) is 0 Å². The van der Waals surface area contributed by atoms with E-state index < -0.39 is 0 Å². The minimum absolute atomic E-state index is 0.744. The molecule has 0 radical (unpaired) electrons. The number of thiophene rings is 1. The third-order valence-corrected chi connectivity index (χ3v) is 5.10. The first-order valence-electron chi connectivity index (χ1n) is 5.34. The van der Waals surface area contributed by atoms with Crippen LogP contribution < -0.4 is 5.32 Å². The first kappa shape index (κ1) is 12.0. The Kier molecular flexibility index (Phi) is 3.28. The molecule has 0 aliphatic carbocycles. The number of para-hydroxylation sites is 1. The van der Waals surface area contributed by atoms with Gasteiger partial charge in [-0.3, -0.25) is 5.10 Å². The molecule has 2 aromatic heterocycles. The van der Waals surface area contributed by atoms with Crippen molar-refractivity contribution in [3.05, 3.63) is 44.1 Å². The van der Waals surface area contributed by atoms with Crippen LogP contribution in [0.25, 0.3) is 10.9 Å². The summed E-state index contributed by atoms with van der Waals surface area (Å²) in [6.45, 7) is 0.744. The molecule has 0 bridgehead atoms. The maximum absolute atomic E-state index is 6.02. The quantitative estimate of drug-likeness (QED) is 0.727. The summed E-state index contributed by atoms with van der Waals surface area (Å²) in [7, 11) is 0. The number of benzene rings is 1. The topological polar surface area (TPSA) is 40.7 Å². The molecule has 3 rings (SSSR count). The highest BCUT2D eigenvalue weighted by Gasteiger charge is 2.06. The van der Waals surface area contributed by atoms with Gasteiger partial charge in [-0.25, -0.2) is 0 Å². The number of rotatable bonds is 3. The van der Waals surface area contributed by atoms with E-state index in [1.54, 1.807) is 11.3 Å². The summed E-state index contributed by atoms with van der Waals surface area (Å²) in [5, 5.41) is 11.5. The number of fused-ring (bicyclic) bond motifs is 1. The first-order valence-corrected chi connectivity index (χ1v) is 7.32. The molecule has 6 heteroatoms. The van der Waals surface area contributed by atoms with Gasteiger partial charge < -0.3 is 5.32 Å². The first-order chi connectivity index (χ1) is 8.74. The predicted molar refractivity (Wildman–Crippen MR) is 80.4 cm³/mol. The molecule has 0 spiro atoms. The van der Waals surface area contributed by atoms with Crippen LogP contribution in [0.2, 0.25) is 4.34 Å². The minimum Gasteiger partial charge on any atom is -0.378 e. The smallest absolute Gasteiger partial charge is 0.107 e. The number of hydrogen-bond donors (Lipinski definition) is 2. The fourth-order valence-electron chi connectivity index (χ4n) is 1.78. The van der Waals surface area contributed by atoms with Gasteiger partial charge in [0.25, 0.3) is 0 Å². The summed E-state index contributed by atoms with van der Waals surface area (Å²) in [5.41, 5.74) is 2.07. The van der Waals surface area contributed by atoms with E-state index in [-0.39, 0.29) is 0 Å². The second-order valence-electron chi connectivity index (χ2n) is 3.83. The zero-order valence-electron chi connectivity index (χ0n) is 9.21. The average molecular weight is 343 g/mol. The Bertz CT molecular complexity index is 672. The molecule has 0 atom stereocenters. The van der Waals surface area contributed by atoms with E-state index in [1.165, 1.54) is 4.88 Å². The molecule has 1 aromatic carbocycles. The summed E-state index contributed by atoms with van der Waals surface area (Å²) in [6.07, 6.45) is 1.82. The number of nitrogens with zero attached hydrogens (tertiary/aromatic N) is 1. The molecular weight excluding hydrogens is 334 g/mol. The van der Waals surface area contributed by atoms with Crippen molar-refractivity contribution in [1.82, 2.24) is 10.2 Å². The van der Waals surface area contributed by atoms with E-state index in [9.17, 15) is 0 Å². The van der Waals surface area contributed by atoms with Crippen LogP contribution in [-0.2, 0) is 6.54 Å². The van der Waals surface area contributed by atoms with E-state index >= 15 is 0 Å². The molecule has 2 heterocycles. The standard InChI is InChI=1S/C12H9BrClN3S/c13-9-4-8(18-12(9)14)6-15-10-3-1-2-7-5-16-17-11(7)10/h1-5,15H,6H2,(H,16,17). The van der Waals surface area contributed by atoms with Gasteiger partial charge in [0.05, 0.1) is 17.4 Å². The van der Waals surface area contributed by atoms with Crippen LogP contribution in [0.15, 0.2) is 34.9 Å². The summed E-state index contributed by atoms with van der Waals surface area (Å²) in [5.74, 6) is 0. The highest BCUT2D eigenvalue weighted by Crippen LogP contribution is 2.32. The Labute approximate surface area is 121 Å². The van der Waals surface area contributed by atoms with Crippen molar-refractivity contribution >= 4 is 55.5 Å². The zero-order chi connectivity index (χ0) is 12.5. The van der Waals surface area contributed by atoms with Crippen molar-refractivity contribution < 1.29 is 0 Å². The second-order valence-corrected chi connectivity index (χ2v) is 6.42. The van der Waals surface area contributed by atoms with Crippen molar-refractivity contribution in [2.45, 2.75) is 6.54 Å². The minimum atomic E-state index is 0.744. The molecular formula is C12H9BrClN3S. The van der Waals surface area contributed by atoms with Crippen molar-refractivity contribution in [3.8, 4) is 0 Å². The molecule has 0 aliphatic heterocycles. The summed E-state index contributed by atoms with van der Waals surface area (Å²) in [4.78, 5) is 1.18. The molecule has 3 nitrogen and oxygen atoms in total. The van der Waals surface area contributed by atoms with Gasteiger partial charge in [-0.15, -0.1) is 11.3 Å². The lowest BCUT2D eigenvalue weighted by molar-refractivity contribution is 1.11. The third-order valence-electron chi connectivity index (χ3n) is 2.63. The van der Waals surface area contributed by atoms with Gasteiger partial charge in [-0.05, 0) is 28.1 Å². The molecule has 0 saturated carbocycles. The molecule has 2 N–H and O–H groups in total. The molecule has 0 aliphatic rings. The summed E-state index contributed by atoms with van der Waals surface area (Å²) >= 11 is 11.0. The van der Waals surface area contributed by atoms with Crippen LogP contribution in [0.4, 0.5) is 5.69 Å². The number of hydrogen-bond acceptors (Lipinski definition) is 3. The number of anilines is 1. The van der Waals surface area contributed by atoms with Crippen LogP contribution in [0.3, 0.4) is 0 Å². The number of H-pyrrole nitrogens is 1. The third kappa shape index (κ3) is 2.25. The van der Waals surface area contributed by atoms with Gasteiger partial charge >= 0.3 is 0 Å². The van der Waals surface area contributed by atoms with Gasteiger partial charge in [0.1, 0.15) is 4.34 Å². The second kappa shape index (κ2) is 4.91. The lowest BCUT2D eigenvalue weighted by Gasteiger charge is -2.05. The molecule has 0 saturated heterocycles. The highest BCUT2D eigenvalue weighted by molar-refractivity contribution is 9.10. The molecule has 0 amide bonds. The maximum atomic E-state index is 6.02. The van der Waals surface area contributed by atoms with E-state index in [0.29, 0.717) is 0 Å². The Morgan fingerprint density at radius 2 is 2.33 bits per heavy atom. The molecule has 18 heavy (non-hydrogen) atoms. The highest BCUT2D eigenvalue weighted by atomic mass is 79.9. The van der Waals surface area contributed by atoms with E-state index in [4.69, 9.17) is 11.6 Å². The van der Waals surface area contributed by atoms with Crippen molar-refractivity contribution in [2.24, 2.45) is 0 Å². The average Bonchev–Trinajstić information content (AvgIpc) is 2.94. The predicted octanol–water partition coefficient (Wildman–Crippen LogP) is 4.65. The van der Waals surface area contributed by atoms with Gasteiger partial charge in [-0.1, -0.05) is 23.7 Å². The van der Waals surface area contributed by atoms with Gasteiger partial charge in [0.15, 0.2) is 0 Å². The van der Waals surface area contributed by atoms with Gasteiger partial charge in [0.2, 0.25) is 0 Å². The zero-order valence-corrected chi connectivity index (χ0v) is 12.4. The number of halogens is 2. The van der Waals surface area contributed by atoms with Crippen LogP contribution in [-0.4, -0.2) is 10.2 Å². The fourth-order valence-corrected chi connectivity index (χ4v) is 3.51.